The van der Waals surface area contributed by atoms with E-state index >= 15 is 0 Å². The van der Waals surface area contributed by atoms with E-state index in [4.69, 9.17) is 4.74 Å². The van der Waals surface area contributed by atoms with Gasteiger partial charge in [-0.05, 0) is 51.4 Å². The molecule has 3 atom stereocenters. The molecule has 0 saturated carbocycles. The van der Waals surface area contributed by atoms with Crippen LogP contribution in [0.1, 0.15) is 284 Å². The number of amides is 1. The first-order chi connectivity index (χ1) is 29.5. The summed E-state index contributed by atoms with van der Waals surface area (Å²) in [5.41, 5.74) is 0. The average molecular weight is 846 g/mol. The van der Waals surface area contributed by atoms with E-state index in [0.717, 1.165) is 51.4 Å². The van der Waals surface area contributed by atoms with Crippen molar-refractivity contribution < 1.29 is 24.5 Å². The van der Waals surface area contributed by atoms with Crippen molar-refractivity contribution in [2.45, 2.75) is 302 Å². The Balaban J connectivity index is 4.53. The van der Waals surface area contributed by atoms with Crippen LogP contribution in [0.5, 0.6) is 0 Å². The molecule has 60 heavy (non-hydrogen) atoms. The van der Waals surface area contributed by atoms with Crippen molar-refractivity contribution in [2.75, 3.05) is 6.61 Å². The van der Waals surface area contributed by atoms with E-state index < -0.39 is 18.2 Å². The molecule has 6 heteroatoms. The third-order valence-electron chi connectivity index (χ3n) is 12.3. The molecule has 0 radical (unpaired) electrons. The highest BCUT2D eigenvalue weighted by molar-refractivity contribution is 5.77. The number of aliphatic hydroxyl groups is 2. The van der Waals surface area contributed by atoms with Crippen molar-refractivity contribution >= 4 is 11.9 Å². The van der Waals surface area contributed by atoms with Crippen LogP contribution in [-0.2, 0) is 14.3 Å². The maximum atomic E-state index is 13.2. The number of esters is 1. The fraction of sp³-hybridized carbons (Fsp3) is 0.889. The van der Waals surface area contributed by atoms with Crippen molar-refractivity contribution in [2.24, 2.45) is 0 Å². The summed E-state index contributed by atoms with van der Waals surface area (Å²) >= 11 is 0. The predicted octanol–water partition coefficient (Wildman–Crippen LogP) is 15.9. The van der Waals surface area contributed by atoms with Gasteiger partial charge >= 0.3 is 5.97 Å². The molecular weight excluding hydrogens is 743 g/mol. The first kappa shape index (κ1) is 58.3. The van der Waals surface area contributed by atoms with Crippen LogP contribution >= 0.6 is 0 Å². The molecule has 3 unspecified atom stereocenters. The van der Waals surface area contributed by atoms with Gasteiger partial charge in [-0.1, -0.05) is 244 Å². The second-order valence-electron chi connectivity index (χ2n) is 18.3. The van der Waals surface area contributed by atoms with Crippen molar-refractivity contribution in [1.82, 2.24) is 5.32 Å². The molecule has 0 bridgehead atoms. The molecule has 0 aliphatic heterocycles. The fourth-order valence-corrected chi connectivity index (χ4v) is 8.25. The van der Waals surface area contributed by atoms with Gasteiger partial charge in [-0.25, -0.2) is 0 Å². The highest BCUT2D eigenvalue weighted by atomic mass is 16.5. The quantitative estimate of drug-likeness (QED) is 0.0322. The largest absolute Gasteiger partial charge is 0.462 e. The molecule has 0 aliphatic carbocycles. The summed E-state index contributed by atoms with van der Waals surface area (Å²) < 4.78 is 5.93. The molecule has 0 saturated heterocycles. The van der Waals surface area contributed by atoms with Gasteiger partial charge < -0.3 is 20.3 Å². The van der Waals surface area contributed by atoms with E-state index in [1.165, 1.54) is 186 Å². The van der Waals surface area contributed by atoms with Crippen LogP contribution in [0.15, 0.2) is 24.3 Å². The Morgan fingerprint density at radius 3 is 1.23 bits per heavy atom. The summed E-state index contributed by atoms with van der Waals surface area (Å²) in [6.45, 7) is 6.48. The lowest BCUT2D eigenvalue weighted by Crippen LogP contribution is -2.46. The number of aliphatic hydroxyl groups excluding tert-OH is 2. The van der Waals surface area contributed by atoms with Gasteiger partial charge in [-0.2, -0.15) is 0 Å². The maximum Gasteiger partial charge on any atom is 0.306 e. The summed E-state index contributed by atoms with van der Waals surface area (Å²) in [6.07, 6.45) is 55.2. The number of carbonyl (C=O) groups excluding carboxylic acids is 2. The number of hydrogen-bond donors (Lipinski definition) is 3. The van der Waals surface area contributed by atoms with Gasteiger partial charge in [0.1, 0.15) is 6.10 Å². The number of allylic oxidation sites excluding steroid dienone is 4. The zero-order valence-electron chi connectivity index (χ0n) is 40.4. The van der Waals surface area contributed by atoms with Crippen LogP contribution in [0.3, 0.4) is 0 Å². The Morgan fingerprint density at radius 1 is 0.483 bits per heavy atom. The molecule has 0 aromatic heterocycles. The molecule has 0 aromatic rings. The number of hydrogen-bond acceptors (Lipinski definition) is 5. The molecule has 0 heterocycles. The molecule has 0 rings (SSSR count). The van der Waals surface area contributed by atoms with Gasteiger partial charge in [0, 0.05) is 6.42 Å². The van der Waals surface area contributed by atoms with Crippen molar-refractivity contribution in [3.05, 3.63) is 24.3 Å². The number of rotatable bonds is 48. The van der Waals surface area contributed by atoms with Gasteiger partial charge in [-0.3, -0.25) is 9.59 Å². The Bertz CT molecular complexity index is 950. The zero-order valence-corrected chi connectivity index (χ0v) is 40.4. The lowest BCUT2D eigenvalue weighted by molar-refractivity contribution is -0.151. The monoisotopic (exact) mass is 846 g/mol. The average Bonchev–Trinajstić information content (AvgIpc) is 3.24. The molecule has 1 amide bonds. The lowest BCUT2D eigenvalue weighted by Gasteiger charge is -2.24. The number of unbranched alkanes of at least 4 members (excludes halogenated alkanes) is 33. The van der Waals surface area contributed by atoms with E-state index in [0.29, 0.717) is 19.3 Å². The highest BCUT2D eigenvalue weighted by Gasteiger charge is 2.24. The van der Waals surface area contributed by atoms with Crippen molar-refractivity contribution in [3.8, 4) is 0 Å². The lowest BCUT2D eigenvalue weighted by atomic mass is 10.0. The first-order valence-corrected chi connectivity index (χ1v) is 26.6. The minimum absolute atomic E-state index is 0.0767. The number of nitrogens with one attached hydrogen (secondary N) is 1. The van der Waals surface area contributed by atoms with Crippen molar-refractivity contribution in [1.29, 1.82) is 0 Å². The predicted molar refractivity (Wildman–Crippen MR) is 260 cm³/mol. The Kier molecular flexibility index (Phi) is 47.0. The molecule has 0 aromatic carbocycles. The Hall–Kier alpha value is -1.66. The van der Waals surface area contributed by atoms with Crippen molar-refractivity contribution in [3.63, 3.8) is 0 Å². The van der Waals surface area contributed by atoms with Gasteiger partial charge in [-0.15, -0.1) is 0 Å². The molecule has 0 fully saturated rings. The van der Waals surface area contributed by atoms with E-state index in [-0.39, 0.29) is 24.9 Å². The SMILES string of the molecule is CCCCCCCCC/C=C/C=C/CCCCCCCC(=O)OC(CCCCCCCCCCCCCC)CC(=O)NC(CO)C(O)CCCCCCCCCCCCC. The second kappa shape index (κ2) is 48.4. The Morgan fingerprint density at radius 2 is 0.833 bits per heavy atom. The number of carbonyl (C=O) groups is 2. The smallest absolute Gasteiger partial charge is 0.306 e. The van der Waals surface area contributed by atoms with Crippen LogP contribution in [0.25, 0.3) is 0 Å². The van der Waals surface area contributed by atoms with E-state index in [1.54, 1.807) is 0 Å². The van der Waals surface area contributed by atoms with Crippen LogP contribution in [-0.4, -0.2) is 46.9 Å². The summed E-state index contributed by atoms with van der Waals surface area (Å²) in [7, 11) is 0. The third kappa shape index (κ3) is 43.0. The van der Waals surface area contributed by atoms with E-state index in [2.05, 4.69) is 50.4 Å². The summed E-state index contributed by atoms with van der Waals surface area (Å²) in [5.74, 6) is -0.477. The summed E-state index contributed by atoms with van der Waals surface area (Å²) in [4.78, 5) is 26.1. The molecule has 3 N–H and O–H groups in total. The van der Waals surface area contributed by atoms with E-state index in [1.807, 2.05) is 0 Å². The zero-order chi connectivity index (χ0) is 43.8. The minimum atomic E-state index is -0.785. The topological polar surface area (TPSA) is 95.9 Å². The summed E-state index contributed by atoms with van der Waals surface area (Å²) in [5, 5.41) is 23.7. The third-order valence-corrected chi connectivity index (χ3v) is 12.3. The highest BCUT2D eigenvalue weighted by Crippen LogP contribution is 2.18. The van der Waals surface area contributed by atoms with E-state index in [9.17, 15) is 19.8 Å². The molecule has 0 spiro atoms. The van der Waals surface area contributed by atoms with Crippen LogP contribution in [0.2, 0.25) is 0 Å². The fourth-order valence-electron chi connectivity index (χ4n) is 8.25. The standard InChI is InChI=1S/C54H103NO5/c1-4-7-10-13-16-19-22-24-25-26-27-28-29-32-35-38-41-44-47-54(59)60-50(45-42-39-36-33-31-23-20-17-14-11-8-5-2)48-53(58)55-51(49-56)52(57)46-43-40-37-34-30-21-18-15-12-9-6-3/h25-28,50-52,56-57H,4-24,29-49H2,1-3H3,(H,55,58)/b26-25+,28-27+. The summed E-state index contributed by atoms with van der Waals surface area (Å²) in [6, 6.07) is -0.699. The van der Waals surface area contributed by atoms with Crippen LogP contribution in [0, 0.1) is 0 Å². The maximum absolute atomic E-state index is 13.2. The second-order valence-corrected chi connectivity index (χ2v) is 18.3. The Labute approximate surface area is 373 Å². The van der Waals surface area contributed by atoms with Gasteiger partial charge in [0.15, 0.2) is 0 Å². The van der Waals surface area contributed by atoms with Gasteiger partial charge in [0.25, 0.3) is 0 Å². The van der Waals surface area contributed by atoms with Gasteiger partial charge in [0.05, 0.1) is 25.2 Å². The first-order valence-electron chi connectivity index (χ1n) is 26.6. The number of ether oxygens (including phenoxy) is 1. The molecule has 0 aliphatic rings. The molecule has 354 valence electrons. The van der Waals surface area contributed by atoms with Crippen LogP contribution in [0.4, 0.5) is 0 Å². The van der Waals surface area contributed by atoms with Gasteiger partial charge in [0.2, 0.25) is 5.91 Å². The molecular formula is C54H103NO5. The normalized spacial score (nSPS) is 13.3. The molecule has 6 nitrogen and oxygen atoms in total. The minimum Gasteiger partial charge on any atom is -0.462 e. The van der Waals surface area contributed by atoms with Crippen LogP contribution < -0.4 is 5.32 Å².